The molecule has 39 heavy (non-hydrogen) atoms. The molecular formula is C34H29Br2O2P. The van der Waals surface area contributed by atoms with Crippen molar-refractivity contribution in [2.24, 2.45) is 0 Å². The van der Waals surface area contributed by atoms with E-state index in [1.165, 1.54) is 15.9 Å². The summed E-state index contributed by atoms with van der Waals surface area (Å²) in [6.45, 7) is 0. The second-order valence-electron chi connectivity index (χ2n) is 9.26. The van der Waals surface area contributed by atoms with E-state index >= 15 is 0 Å². The van der Waals surface area contributed by atoms with E-state index in [1.54, 1.807) is 0 Å². The Morgan fingerprint density at radius 2 is 0.949 bits per heavy atom. The van der Waals surface area contributed by atoms with Gasteiger partial charge in [0, 0.05) is 12.0 Å². The van der Waals surface area contributed by atoms with Crippen molar-refractivity contribution in [1.29, 1.82) is 0 Å². The van der Waals surface area contributed by atoms with Crippen LogP contribution >= 0.6 is 23.5 Å². The largest absolute Gasteiger partial charge is 1.00 e. The van der Waals surface area contributed by atoms with Crippen molar-refractivity contribution in [2.75, 3.05) is 6.16 Å². The number of halogens is 2. The van der Waals surface area contributed by atoms with Crippen LogP contribution in [0.4, 0.5) is 0 Å². The van der Waals surface area contributed by atoms with Gasteiger partial charge in [-0.25, -0.2) is 0 Å². The number of ketones is 1. The van der Waals surface area contributed by atoms with Gasteiger partial charge in [0.25, 0.3) is 0 Å². The van der Waals surface area contributed by atoms with E-state index in [9.17, 15) is 4.79 Å². The van der Waals surface area contributed by atoms with Gasteiger partial charge >= 0.3 is 0 Å². The molecule has 0 aliphatic carbocycles. The van der Waals surface area contributed by atoms with Crippen molar-refractivity contribution < 1.29 is 25.6 Å². The summed E-state index contributed by atoms with van der Waals surface area (Å²) in [5.41, 5.74) is 0.253. The first-order chi connectivity index (χ1) is 18.7. The predicted octanol–water partition coefficient (Wildman–Crippen LogP) is 4.48. The fourth-order valence-electron chi connectivity index (χ4n) is 5.24. The zero-order valence-electron chi connectivity index (χ0n) is 21.4. The number of hydrogen-bond donors (Lipinski definition) is 0. The highest BCUT2D eigenvalue weighted by Crippen LogP contribution is 2.57. The normalized spacial score (nSPS) is 12.6. The monoisotopic (exact) mass is 658 g/mol. The second kappa shape index (κ2) is 13.5. The summed E-state index contributed by atoms with van der Waals surface area (Å²) in [4.78, 5) is 14.3. The Hall–Kier alpha value is -2.88. The number of carbonyl (C=O) groups excluding carboxylic acids is 1. The van der Waals surface area contributed by atoms with E-state index in [1.807, 2.05) is 60.7 Å². The van der Waals surface area contributed by atoms with Gasteiger partial charge in [-0.3, -0.25) is 8.62 Å². The van der Waals surface area contributed by atoms with Crippen molar-refractivity contribution in [1.82, 2.24) is 0 Å². The van der Waals surface area contributed by atoms with Gasteiger partial charge in [0.1, 0.15) is 39.4 Å². The highest BCUT2D eigenvalue weighted by atomic mass is 79.9. The van der Waals surface area contributed by atoms with Gasteiger partial charge in [0.05, 0.1) is 6.16 Å². The Balaban J connectivity index is 0.00000353. The molecule has 0 saturated heterocycles. The van der Waals surface area contributed by atoms with E-state index in [4.69, 9.17) is 3.83 Å². The van der Waals surface area contributed by atoms with E-state index in [2.05, 4.69) is 107 Å². The quantitative estimate of drug-likeness (QED) is 0.163. The van der Waals surface area contributed by atoms with Crippen LogP contribution in [0.1, 0.15) is 22.3 Å². The topological polar surface area (TPSA) is 26.3 Å². The maximum atomic E-state index is 14.3. The van der Waals surface area contributed by atoms with E-state index in [0.29, 0.717) is 12.0 Å². The number of rotatable bonds is 10. The molecule has 5 aromatic rings. The van der Waals surface area contributed by atoms with Crippen LogP contribution in [0, 0.1) is 0 Å². The van der Waals surface area contributed by atoms with Gasteiger partial charge in [-0.05, 0) is 42.0 Å². The molecule has 196 valence electrons. The lowest BCUT2D eigenvalue weighted by Crippen LogP contribution is -3.00. The Kier molecular flexibility index (Phi) is 10.0. The van der Waals surface area contributed by atoms with Crippen LogP contribution < -0.4 is 32.9 Å². The molecule has 0 amide bonds. The summed E-state index contributed by atoms with van der Waals surface area (Å²) < 4.78 is 6.12. The Labute approximate surface area is 250 Å². The lowest BCUT2D eigenvalue weighted by atomic mass is 9.84. The van der Waals surface area contributed by atoms with Crippen LogP contribution in [0.5, 0.6) is 0 Å². The first-order valence-corrected chi connectivity index (χ1v) is 15.3. The number of hydrogen-bond acceptors (Lipinski definition) is 2. The first-order valence-electron chi connectivity index (χ1n) is 12.7. The summed E-state index contributed by atoms with van der Waals surface area (Å²) in [5, 5.41) is 3.84. The molecule has 0 N–H and O–H groups in total. The minimum absolute atomic E-state index is 0. The smallest absolute Gasteiger partial charge is 0.200 e. The zero-order valence-corrected chi connectivity index (χ0v) is 25.4. The van der Waals surface area contributed by atoms with Gasteiger partial charge in [-0.2, -0.15) is 0 Å². The van der Waals surface area contributed by atoms with Crippen LogP contribution in [0.15, 0.2) is 152 Å². The average Bonchev–Trinajstić information content (AvgIpc) is 3.02. The molecule has 0 radical (unpaired) electrons. The number of benzene rings is 5. The summed E-state index contributed by atoms with van der Waals surface area (Å²) in [7, 11) is -2.17. The molecule has 0 heterocycles. The van der Waals surface area contributed by atoms with E-state index in [-0.39, 0.29) is 22.8 Å². The summed E-state index contributed by atoms with van der Waals surface area (Å²) >= 11 is 3.34. The van der Waals surface area contributed by atoms with Crippen LogP contribution in [0.2, 0.25) is 0 Å². The van der Waals surface area contributed by atoms with Crippen molar-refractivity contribution in [3.63, 3.8) is 0 Å². The maximum Gasteiger partial charge on any atom is 0.200 e. The highest BCUT2D eigenvalue weighted by Gasteiger charge is 2.50. The van der Waals surface area contributed by atoms with Gasteiger partial charge in [0.2, 0.25) is 5.78 Å². The molecule has 0 bridgehead atoms. The maximum absolute atomic E-state index is 14.3. The van der Waals surface area contributed by atoms with E-state index < -0.39 is 12.9 Å². The van der Waals surface area contributed by atoms with Crippen LogP contribution in [0.25, 0.3) is 0 Å². The molecule has 0 aliphatic rings. The van der Waals surface area contributed by atoms with Crippen LogP contribution in [-0.2, 0) is 9.43 Å². The third-order valence-electron chi connectivity index (χ3n) is 7.16. The third kappa shape index (κ3) is 5.85. The molecule has 5 rings (SSSR count). The number of carbonyl (C=O) groups is 1. The van der Waals surface area contributed by atoms with Crippen molar-refractivity contribution in [3.05, 3.63) is 163 Å². The first kappa shape index (κ1) is 29.1. The molecular weight excluding hydrogens is 631 g/mol. The van der Waals surface area contributed by atoms with Crippen molar-refractivity contribution in [2.45, 2.75) is 12.0 Å². The molecule has 1 atom stereocenters. The molecule has 2 nitrogen and oxygen atoms in total. The van der Waals surface area contributed by atoms with Crippen LogP contribution in [0.3, 0.4) is 0 Å². The average molecular weight is 660 g/mol. The lowest BCUT2D eigenvalue weighted by Gasteiger charge is -2.34. The molecule has 0 fully saturated rings. The van der Waals surface area contributed by atoms with E-state index in [0.717, 1.165) is 11.7 Å². The molecule has 1 unspecified atom stereocenters. The summed E-state index contributed by atoms with van der Waals surface area (Å²) in [5.74, 6) is -0.0616. The molecule has 5 heteroatoms. The molecule has 0 saturated carbocycles. The van der Waals surface area contributed by atoms with Gasteiger partial charge < -0.3 is 17.0 Å². The van der Waals surface area contributed by atoms with Crippen LogP contribution in [-0.4, -0.2) is 11.9 Å². The van der Waals surface area contributed by atoms with Crippen molar-refractivity contribution in [3.8, 4) is 0 Å². The predicted molar refractivity (Wildman–Crippen MR) is 164 cm³/mol. The second-order valence-corrected chi connectivity index (χ2v) is 13.2. The Morgan fingerprint density at radius 1 is 0.590 bits per heavy atom. The Bertz CT molecular complexity index is 1350. The molecule has 5 aromatic carbocycles. The standard InChI is InChI=1S/C34H29BrO2P.BrH/c35-37-34(29-18-8-2-9-19-29,33(36)28-16-6-1-7-17-28)26-27-38(30-20-10-3-11-21-30,31-22-12-4-13-23-31)32-24-14-5-15-25-32;/h1-25H,26-27H2;1H/q+1;/p-1. The molecule has 0 spiro atoms. The minimum Gasteiger partial charge on any atom is -1.00 e. The zero-order chi connectivity index (χ0) is 26.3. The Morgan fingerprint density at radius 3 is 1.33 bits per heavy atom. The van der Waals surface area contributed by atoms with Gasteiger partial charge in [-0.15, -0.1) is 0 Å². The molecule has 0 aliphatic heterocycles. The molecule has 0 aromatic heterocycles. The highest BCUT2D eigenvalue weighted by molar-refractivity contribution is 9.06. The third-order valence-corrected chi connectivity index (χ3v) is 12.2. The lowest BCUT2D eigenvalue weighted by molar-refractivity contribution is -0.0000151. The summed E-state index contributed by atoms with van der Waals surface area (Å²) in [6, 6.07) is 51.5. The van der Waals surface area contributed by atoms with Gasteiger partial charge in [0.15, 0.2) is 5.60 Å². The minimum atomic E-state index is -2.17. The van der Waals surface area contributed by atoms with Crippen molar-refractivity contribution >= 4 is 45.2 Å². The SMILES string of the molecule is O=C(c1ccccc1)C(CC[P+](c1ccccc1)(c1ccccc1)c1ccccc1)(OBr)c1ccccc1.[Br-]. The number of Topliss-reactive ketones (excluding diaryl/α,β-unsaturated/α-hetero) is 1. The fraction of sp³-hybridized carbons (Fsp3) is 0.0882. The summed E-state index contributed by atoms with van der Waals surface area (Å²) in [6.07, 6.45) is 1.23. The van der Waals surface area contributed by atoms with Gasteiger partial charge in [-0.1, -0.05) is 115 Å². The fourth-order valence-corrected chi connectivity index (χ4v) is 10.1.